The fraction of sp³-hybridized carbons (Fsp3) is 0.625. The van der Waals surface area contributed by atoms with E-state index in [1.54, 1.807) is 7.11 Å². The van der Waals surface area contributed by atoms with Gasteiger partial charge in [0.2, 0.25) is 0 Å². The average molecular weight is 295 g/mol. The van der Waals surface area contributed by atoms with E-state index in [4.69, 9.17) is 4.74 Å². The van der Waals surface area contributed by atoms with Crippen LogP contribution < -0.4 is 10.1 Å². The number of benzene rings is 1. The molecule has 1 N–H and O–H groups in total. The quantitative estimate of drug-likeness (QED) is 0.877. The van der Waals surface area contributed by atoms with Crippen LogP contribution >= 0.6 is 0 Å². The standard InChI is InChI=1S/C16H25NO2S/c1-17-14(13-8-4-3-5-9-13)12-20(18)16-11-7-6-10-15(16)19-2/h6-7,10-11,13-14,17H,3-5,8-9,12H2,1-2H3. The minimum atomic E-state index is -1.01. The molecule has 2 unspecified atom stereocenters. The highest BCUT2D eigenvalue weighted by atomic mass is 32.2. The topological polar surface area (TPSA) is 38.3 Å². The Balaban J connectivity index is 2.04. The van der Waals surface area contributed by atoms with Gasteiger partial charge in [0.1, 0.15) is 5.75 Å². The lowest BCUT2D eigenvalue weighted by Gasteiger charge is -2.29. The molecule has 1 aliphatic rings. The Morgan fingerprint density at radius 3 is 2.65 bits per heavy atom. The molecule has 4 heteroatoms. The van der Waals surface area contributed by atoms with E-state index in [9.17, 15) is 4.21 Å². The van der Waals surface area contributed by atoms with Crippen molar-refractivity contribution in [3.63, 3.8) is 0 Å². The summed E-state index contributed by atoms with van der Waals surface area (Å²) in [6, 6.07) is 7.95. The molecule has 3 nitrogen and oxygen atoms in total. The van der Waals surface area contributed by atoms with Crippen molar-refractivity contribution in [3.8, 4) is 5.75 Å². The molecule has 0 heterocycles. The van der Waals surface area contributed by atoms with Gasteiger partial charge < -0.3 is 10.1 Å². The monoisotopic (exact) mass is 295 g/mol. The molecule has 1 saturated carbocycles. The van der Waals surface area contributed by atoms with Crippen LogP contribution in [0.15, 0.2) is 29.2 Å². The van der Waals surface area contributed by atoms with Gasteiger partial charge in [0.05, 0.1) is 22.8 Å². The Morgan fingerprint density at radius 1 is 1.30 bits per heavy atom. The maximum absolute atomic E-state index is 12.6. The molecule has 2 atom stereocenters. The molecule has 2 rings (SSSR count). The van der Waals surface area contributed by atoms with Crippen molar-refractivity contribution in [2.45, 2.75) is 43.0 Å². The van der Waals surface area contributed by atoms with Gasteiger partial charge in [-0.2, -0.15) is 0 Å². The molecular formula is C16H25NO2S. The van der Waals surface area contributed by atoms with Gasteiger partial charge in [-0.3, -0.25) is 4.21 Å². The van der Waals surface area contributed by atoms with E-state index in [1.807, 2.05) is 31.3 Å². The second kappa shape index (κ2) is 7.79. The van der Waals surface area contributed by atoms with E-state index in [-0.39, 0.29) is 0 Å². The number of nitrogens with one attached hydrogen (secondary N) is 1. The van der Waals surface area contributed by atoms with Crippen LogP contribution in [0.25, 0.3) is 0 Å². The Labute approximate surface area is 124 Å². The van der Waals surface area contributed by atoms with Gasteiger partial charge in [-0.15, -0.1) is 0 Å². The number of methoxy groups -OCH3 is 1. The predicted octanol–water partition coefficient (Wildman–Crippen LogP) is 2.97. The van der Waals surface area contributed by atoms with Gasteiger partial charge >= 0.3 is 0 Å². The molecule has 0 amide bonds. The molecule has 0 spiro atoms. The summed E-state index contributed by atoms with van der Waals surface area (Å²) in [6.07, 6.45) is 6.49. The van der Waals surface area contributed by atoms with Crippen LogP contribution in [-0.4, -0.2) is 30.2 Å². The van der Waals surface area contributed by atoms with E-state index in [0.29, 0.717) is 17.7 Å². The van der Waals surface area contributed by atoms with Gasteiger partial charge in [-0.25, -0.2) is 0 Å². The summed E-state index contributed by atoms with van der Waals surface area (Å²) in [5, 5.41) is 3.38. The summed E-state index contributed by atoms with van der Waals surface area (Å²) in [7, 11) is 2.60. The van der Waals surface area contributed by atoms with Crippen LogP contribution in [0, 0.1) is 5.92 Å². The average Bonchev–Trinajstić information content (AvgIpc) is 2.53. The van der Waals surface area contributed by atoms with Crippen molar-refractivity contribution in [2.75, 3.05) is 19.9 Å². The Hall–Kier alpha value is -0.870. The highest BCUT2D eigenvalue weighted by Gasteiger charge is 2.25. The number of rotatable bonds is 6. The van der Waals surface area contributed by atoms with Crippen LogP contribution in [0.1, 0.15) is 32.1 Å². The minimum absolute atomic E-state index is 0.334. The third kappa shape index (κ3) is 3.83. The summed E-state index contributed by atoms with van der Waals surface area (Å²) in [5.41, 5.74) is 0. The van der Waals surface area contributed by atoms with Crippen LogP contribution in [-0.2, 0) is 10.8 Å². The van der Waals surface area contributed by atoms with Crippen molar-refractivity contribution in [3.05, 3.63) is 24.3 Å². The summed E-state index contributed by atoms with van der Waals surface area (Å²) < 4.78 is 17.9. The molecule has 1 aromatic carbocycles. The molecule has 112 valence electrons. The summed E-state index contributed by atoms with van der Waals surface area (Å²) in [5.74, 6) is 2.05. The number of para-hydroxylation sites is 1. The van der Waals surface area contributed by atoms with E-state index >= 15 is 0 Å². The number of hydrogen-bond acceptors (Lipinski definition) is 3. The molecule has 0 bridgehead atoms. The zero-order chi connectivity index (χ0) is 14.4. The second-order valence-electron chi connectivity index (χ2n) is 5.46. The van der Waals surface area contributed by atoms with Crippen molar-refractivity contribution >= 4 is 10.8 Å². The first-order valence-electron chi connectivity index (χ1n) is 7.45. The molecule has 0 radical (unpaired) electrons. The second-order valence-corrected chi connectivity index (χ2v) is 6.92. The lowest BCUT2D eigenvalue weighted by atomic mass is 9.84. The molecule has 1 aliphatic carbocycles. The fourth-order valence-electron chi connectivity index (χ4n) is 3.05. The zero-order valence-corrected chi connectivity index (χ0v) is 13.2. The first kappa shape index (κ1) is 15.5. The summed E-state index contributed by atoms with van der Waals surface area (Å²) in [6.45, 7) is 0. The van der Waals surface area contributed by atoms with Crippen molar-refractivity contribution in [1.29, 1.82) is 0 Å². The molecule has 0 aromatic heterocycles. The molecule has 1 fully saturated rings. The van der Waals surface area contributed by atoms with E-state index in [2.05, 4.69) is 5.32 Å². The van der Waals surface area contributed by atoms with E-state index < -0.39 is 10.8 Å². The lowest BCUT2D eigenvalue weighted by molar-refractivity contribution is 0.293. The van der Waals surface area contributed by atoms with Gasteiger partial charge in [0.15, 0.2) is 0 Å². The van der Waals surface area contributed by atoms with Crippen LogP contribution in [0.4, 0.5) is 0 Å². The van der Waals surface area contributed by atoms with Crippen LogP contribution in [0.2, 0.25) is 0 Å². The normalized spacial score (nSPS) is 19.5. The first-order valence-corrected chi connectivity index (χ1v) is 8.76. The molecule has 0 saturated heterocycles. The fourth-order valence-corrected chi connectivity index (χ4v) is 4.60. The van der Waals surface area contributed by atoms with Crippen molar-refractivity contribution < 1.29 is 8.95 Å². The number of ether oxygens (including phenoxy) is 1. The minimum Gasteiger partial charge on any atom is -0.495 e. The van der Waals surface area contributed by atoms with Gasteiger partial charge in [-0.05, 0) is 37.9 Å². The molecule has 20 heavy (non-hydrogen) atoms. The number of hydrogen-bond donors (Lipinski definition) is 1. The van der Waals surface area contributed by atoms with Crippen LogP contribution in [0.5, 0.6) is 5.75 Å². The molecule has 0 aliphatic heterocycles. The van der Waals surface area contributed by atoms with Crippen molar-refractivity contribution in [2.24, 2.45) is 5.92 Å². The zero-order valence-electron chi connectivity index (χ0n) is 12.4. The Kier molecular flexibility index (Phi) is 6.05. The maximum Gasteiger partial charge on any atom is 0.134 e. The van der Waals surface area contributed by atoms with Crippen molar-refractivity contribution in [1.82, 2.24) is 5.32 Å². The largest absolute Gasteiger partial charge is 0.495 e. The SMILES string of the molecule is CNC(CS(=O)c1ccccc1OC)C1CCCCC1. The maximum atomic E-state index is 12.6. The Bertz CT molecular complexity index is 444. The molecule has 1 aromatic rings. The first-order chi connectivity index (χ1) is 9.76. The van der Waals surface area contributed by atoms with Gasteiger partial charge in [-0.1, -0.05) is 31.4 Å². The van der Waals surface area contributed by atoms with E-state index in [1.165, 1.54) is 32.1 Å². The smallest absolute Gasteiger partial charge is 0.134 e. The van der Waals surface area contributed by atoms with Gasteiger partial charge in [0.25, 0.3) is 0 Å². The lowest BCUT2D eigenvalue weighted by Crippen LogP contribution is -2.39. The highest BCUT2D eigenvalue weighted by molar-refractivity contribution is 7.85. The highest BCUT2D eigenvalue weighted by Crippen LogP contribution is 2.28. The van der Waals surface area contributed by atoms with E-state index in [0.717, 1.165) is 10.6 Å². The third-order valence-electron chi connectivity index (χ3n) is 4.23. The molecular weight excluding hydrogens is 270 g/mol. The third-order valence-corrected chi connectivity index (χ3v) is 5.72. The predicted molar refractivity (Wildman–Crippen MR) is 83.7 cm³/mol. The Morgan fingerprint density at radius 2 is 2.00 bits per heavy atom. The van der Waals surface area contributed by atoms with Gasteiger partial charge in [0, 0.05) is 11.8 Å². The van der Waals surface area contributed by atoms with Crippen LogP contribution in [0.3, 0.4) is 0 Å². The summed E-state index contributed by atoms with van der Waals surface area (Å²) in [4.78, 5) is 0.811. The summed E-state index contributed by atoms with van der Waals surface area (Å²) >= 11 is 0.